The molecular formula is C58H40N4O12S8. The molecule has 16 nitrogen and oxygen atoms in total. The lowest BCUT2D eigenvalue weighted by atomic mass is 9.88. The largest absolute Gasteiger partial charge is 0.458 e. The van der Waals surface area contributed by atoms with Crippen LogP contribution < -0.4 is 9.47 Å². The third-order valence-corrected chi connectivity index (χ3v) is 20.8. The summed E-state index contributed by atoms with van der Waals surface area (Å²) < 4.78 is 39.5. The van der Waals surface area contributed by atoms with Crippen molar-refractivity contribution in [3.8, 4) is 31.0 Å². The maximum Gasteiger partial charge on any atom is 0.367 e. The van der Waals surface area contributed by atoms with E-state index in [1.54, 1.807) is 111 Å². The molecule has 4 aromatic heterocycles. The Labute approximate surface area is 502 Å². The van der Waals surface area contributed by atoms with Crippen LogP contribution >= 0.6 is 93.3 Å². The van der Waals surface area contributed by atoms with Crippen LogP contribution in [0.5, 0.6) is 11.5 Å². The number of nitrogens with zero attached hydrogens (tertiary/aromatic N) is 4. The van der Waals surface area contributed by atoms with Gasteiger partial charge in [0.2, 0.25) is 0 Å². The van der Waals surface area contributed by atoms with Gasteiger partial charge in [0.05, 0.1) is 40.0 Å². The molecule has 412 valence electrons. The number of ether oxygens (including phenoxy) is 6. The van der Waals surface area contributed by atoms with Crippen LogP contribution in [0.3, 0.4) is 0 Å². The number of benzene rings is 4. The molecule has 0 unspecified atom stereocenters. The average Bonchev–Trinajstić information content (AvgIpc) is 2.24. The molecule has 2 saturated heterocycles. The zero-order valence-electron chi connectivity index (χ0n) is 42.9. The summed E-state index contributed by atoms with van der Waals surface area (Å²) in [5, 5.41) is 0.738. The van der Waals surface area contributed by atoms with E-state index in [1.807, 2.05) is 24.3 Å². The summed E-state index contributed by atoms with van der Waals surface area (Å²) in [5.41, 5.74) is -3.10. The Bertz CT molecular complexity index is 3640. The highest BCUT2D eigenvalue weighted by molar-refractivity contribution is 8.35. The zero-order valence-corrected chi connectivity index (χ0v) is 49.4. The van der Waals surface area contributed by atoms with Gasteiger partial charge in [-0.1, -0.05) is 146 Å². The standard InChI is InChI=1S/C58H40N4O12S8/c1-3-61-49(63)47(81-55(61)75)59-37-25-35-41(77-37)43-39(57(73-35,51(65)69-27-31-17-9-5-10-18-31)52(66)70-28-32-19-11-6-12-20-32)45-46(79-43)40-44(80-45)42-36(26-38(78-42)60-48-50(64)62(4-2)56(76)82-48)74-58(40,53(67)71-29-33-21-13-7-14-22-33)54(68)72-30-34-23-15-8-16-24-34/h5-26H,3-4,27-30H2,1-2H3/b59-47-,60-48-. The predicted octanol–water partition coefficient (Wildman–Crippen LogP) is 12.4. The molecule has 0 atom stereocenters. The van der Waals surface area contributed by atoms with Crippen LogP contribution in [0.4, 0.5) is 10.0 Å². The van der Waals surface area contributed by atoms with Gasteiger partial charge in [-0.3, -0.25) is 19.4 Å². The molecule has 4 aliphatic rings. The van der Waals surface area contributed by atoms with E-state index in [1.165, 1.54) is 21.9 Å². The molecule has 0 N–H and O–H groups in total. The van der Waals surface area contributed by atoms with Crippen LogP contribution in [0.1, 0.15) is 47.2 Å². The first-order valence-electron chi connectivity index (χ1n) is 25.2. The highest BCUT2D eigenvalue weighted by Crippen LogP contribution is 2.65. The lowest BCUT2D eigenvalue weighted by Gasteiger charge is -2.33. The Morgan fingerprint density at radius 1 is 0.476 bits per heavy atom. The minimum absolute atomic E-state index is 0.00914. The highest BCUT2D eigenvalue weighted by atomic mass is 32.2. The van der Waals surface area contributed by atoms with Gasteiger partial charge in [-0.15, -0.1) is 45.3 Å². The van der Waals surface area contributed by atoms with Gasteiger partial charge >= 0.3 is 35.1 Å². The molecular weight excluding hydrogens is 1200 g/mol. The van der Waals surface area contributed by atoms with Crippen molar-refractivity contribution in [2.75, 3.05) is 13.1 Å². The fourth-order valence-electron chi connectivity index (χ4n) is 9.31. The molecule has 82 heavy (non-hydrogen) atoms. The fourth-order valence-corrected chi connectivity index (χ4v) is 17.3. The minimum Gasteiger partial charge on any atom is -0.458 e. The monoisotopic (exact) mass is 1240 g/mol. The number of rotatable bonds is 16. The van der Waals surface area contributed by atoms with Gasteiger partial charge in [0.15, 0.2) is 10.1 Å². The third-order valence-electron chi connectivity index (χ3n) is 13.3. The van der Waals surface area contributed by atoms with Crippen molar-refractivity contribution in [3.05, 3.63) is 167 Å². The van der Waals surface area contributed by atoms with Crippen molar-refractivity contribution in [1.82, 2.24) is 9.80 Å². The van der Waals surface area contributed by atoms with Gasteiger partial charge < -0.3 is 28.4 Å². The van der Waals surface area contributed by atoms with Gasteiger partial charge in [0.25, 0.3) is 11.8 Å². The maximum absolute atomic E-state index is 15.6. The molecule has 8 aromatic rings. The second-order valence-electron chi connectivity index (χ2n) is 18.3. The number of thiophene rings is 4. The van der Waals surface area contributed by atoms with Gasteiger partial charge in [-0.25, -0.2) is 29.2 Å². The number of carbonyl (C=O) groups excluding carboxylic acids is 6. The molecule has 0 bridgehead atoms. The Hall–Kier alpha value is -7.42. The van der Waals surface area contributed by atoms with E-state index in [0.29, 0.717) is 63.5 Å². The Morgan fingerprint density at radius 2 is 0.780 bits per heavy atom. The minimum atomic E-state index is -2.74. The number of thiocarbonyl (C=S) groups is 2. The summed E-state index contributed by atoms with van der Waals surface area (Å²) >= 11 is 17.4. The van der Waals surface area contributed by atoms with Gasteiger partial charge in [-0.05, 0) is 59.6 Å². The van der Waals surface area contributed by atoms with Gasteiger partial charge in [0.1, 0.15) is 56.6 Å². The fraction of sp³-hybridized carbons (Fsp3) is 0.172. The van der Waals surface area contributed by atoms with Crippen molar-refractivity contribution < 1.29 is 57.2 Å². The number of aliphatic imine (C=N–C) groups is 2. The van der Waals surface area contributed by atoms with Crippen LogP contribution in [0.25, 0.3) is 28.9 Å². The lowest BCUT2D eigenvalue weighted by Crippen LogP contribution is -2.52. The number of esters is 4. The van der Waals surface area contributed by atoms with E-state index in [9.17, 15) is 9.59 Å². The quantitative estimate of drug-likeness (QED) is 0.0384. The van der Waals surface area contributed by atoms with E-state index in [0.717, 1.165) is 68.9 Å². The summed E-state index contributed by atoms with van der Waals surface area (Å²) in [6, 6.07) is 38.6. The van der Waals surface area contributed by atoms with E-state index in [4.69, 9.17) is 62.8 Å². The molecule has 2 fully saturated rings. The smallest absolute Gasteiger partial charge is 0.367 e. The molecule has 8 heterocycles. The first-order valence-corrected chi connectivity index (χ1v) is 30.9. The van der Waals surface area contributed by atoms with Gasteiger partial charge in [-0.2, -0.15) is 0 Å². The first-order chi connectivity index (χ1) is 39.8. The lowest BCUT2D eigenvalue weighted by molar-refractivity contribution is -0.184. The Morgan fingerprint density at radius 3 is 1.06 bits per heavy atom. The normalized spacial score (nSPS) is 16.6. The molecule has 2 amide bonds. The van der Waals surface area contributed by atoms with E-state index in [2.05, 4.69) is 0 Å². The maximum atomic E-state index is 15.6. The predicted molar refractivity (Wildman–Crippen MR) is 325 cm³/mol. The summed E-state index contributed by atoms with van der Waals surface area (Å²) in [6.07, 6.45) is 0. The van der Waals surface area contributed by atoms with Crippen LogP contribution in [0.15, 0.2) is 143 Å². The molecule has 0 aliphatic carbocycles. The number of amides is 2. The van der Waals surface area contributed by atoms with Crippen molar-refractivity contribution in [2.45, 2.75) is 51.5 Å². The third kappa shape index (κ3) is 9.82. The number of thioether (sulfide) groups is 2. The van der Waals surface area contributed by atoms with Crippen molar-refractivity contribution >= 4 is 167 Å². The topological polar surface area (TPSA) is 189 Å². The SMILES string of the molecule is CCN1C(=O)/C(=N/c2cc3c(s2)-c2sc4c5c(sc4c2C(C(=O)OCc2ccccc2)(C(=O)OCc2ccccc2)O3)-c2sc(/N=C3\SC(=S)N(CC)C3=O)cc2OC5(C(=O)OCc2ccccc2)C(=O)OCc2ccccc2)SC1=S. The van der Waals surface area contributed by atoms with Gasteiger partial charge in [0, 0.05) is 25.2 Å². The van der Waals surface area contributed by atoms with E-state index >= 15 is 19.2 Å². The molecule has 0 radical (unpaired) electrons. The molecule has 12 rings (SSSR count). The first kappa shape index (κ1) is 55.1. The van der Waals surface area contributed by atoms with Crippen LogP contribution in [-0.2, 0) is 85.3 Å². The number of hydrogen-bond acceptors (Lipinski definition) is 22. The molecule has 4 aliphatic heterocycles. The van der Waals surface area contributed by atoms with Crippen molar-refractivity contribution in [2.24, 2.45) is 9.98 Å². The summed E-state index contributed by atoms with van der Waals surface area (Å²) in [7, 11) is 0. The summed E-state index contributed by atoms with van der Waals surface area (Å²) in [4.78, 5) is 103. The number of hydrogen-bond donors (Lipinski definition) is 0. The Kier molecular flexibility index (Phi) is 15.3. The summed E-state index contributed by atoms with van der Waals surface area (Å²) in [6.45, 7) is 3.10. The highest BCUT2D eigenvalue weighted by Gasteiger charge is 2.64. The molecule has 4 aromatic carbocycles. The second kappa shape index (κ2) is 22.7. The molecule has 0 saturated carbocycles. The second-order valence-corrected chi connectivity index (χ2v) is 25.7. The average molecular weight is 1240 g/mol. The van der Waals surface area contributed by atoms with Crippen molar-refractivity contribution in [1.29, 1.82) is 0 Å². The van der Waals surface area contributed by atoms with Crippen LogP contribution in [0.2, 0.25) is 0 Å². The Balaban J connectivity index is 1.11. The zero-order chi connectivity index (χ0) is 56.9. The van der Waals surface area contributed by atoms with E-state index in [-0.39, 0.29) is 78.5 Å². The van der Waals surface area contributed by atoms with Crippen molar-refractivity contribution in [3.63, 3.8) is 0 Å². The number of carbonyl (C=O) groups is 6. The van der Waals surface area contributed by atoms with Crippen LogP contribution in [-0.4, -0.2) is 77.3 Å². The van der Waals surface area contributed by atoms with Crippen LogP contribution in [0, 0.1) is 0 Å². The summed E-state index contributed by atoms with van der Waals surface area (Å²) in [5.74, 6) is -5.31. The number of fused-ring (bicyclic) bond motifs is 9. The molecule has 24 heteroatoms. The molecule has 0 spiro atoms. The van der Waals surface area contributed by atoms with E-state index < -0.39 is 46.9 Å².